The molecule has 0 fully saturated rings. The smallest absolute Gasteiger partial charge is 0.265 e. The molecule has 0 aliphatic heterocycles. The molecule has 0 saturated heterocycles. The number of carbonyl (C=O) groups is 4. The molecule has 0 aliphatic rings. The van der Waals surface area contributed by atoms with Gasteiger partial charge in [-0.15, -0.1) is 0 Å². The first-order valence-corrected chi connectivity index (χ1v) is 12.5. The lowest BCUT2D eigenvalue weighted by Gasteiger charge is -2.30. The summed E-state index contributed by atoms with van der Waals surface area (Å²) in [5.41, 5.74) is 9.01. The first-order valence-electron chi connectivity index (χ1n) is 12.5. The average molecular weight is 511 g/mol. The molecule has 2 aromatic carbocycles. The van der Waals surface area contributed by atoms with Gasteiger partial charge in [-0.1, -0.05) is 74.5 Å². The van der Waals surface area contributed by atoms with Crippen LogP contribution in [0.1, 0.15) is 44.7 Å². The van der Waals surface area contributed by atoms with Gasteiger partial charge in [-0.25, -0.2) is 5.48 Å². The highest BCUT2D eigenvalue weighted by Gasteiger charge is 2.31. The summed E-state index contributed by atoms with van der Waals surface area (Å²) in [7, 11) is 0. The van der Waals surface area contributed by atoms with Crippen molar-refractivity contribution in [1.29, 1.82) is 0 Å². The molecule has 2 rings (SSSR count). The van der Waals surface area contributed by atoms with Crippen LogP contribution in [0.2, 0.25) is 0 Å². The predicted octanol–water partition coefficient (Wildman–Crippen LogP) is 2.22. The molecule has 2 aromatic rings. The minimum absolute atomic E-state index is 0.0978. The van der Waals surface area contributed by atoms with E-state index in [-0.39, 0.29) is 25.3 Å². The Hall–Kier alpha value is -3.72. The molecule has 200 valence electrons. The van der Waals surface area contributed by atoms with E-state index in [2.05, 4.69) is 5.32 Å². The fraction of sp³-hybridized carbons (Fsp3) is 0.429. The van der Waals surface area contributed by atoms with Crippen molar-refractivity contribution in [2.24, 2.45) is 17.6 Å². The molecule has 0 heterocycles. The van der Waals surface area contributed by atoms with E-state index in [9.17, 15) is 19.2 Å². The highest BCUT2D eigenvalue weighted by molar-refractivity contribution is 5.92. The maximum absolute atomic E-state index is 13.4. The molecule has 4 amide bonds. The van der Waals surface area contributed by atoms with Crippen LogP contribution < -0.4 is 16.5 Å². The summed E-state index contributed by atoms with van der Waals surface area (Å²) in [5, 5.41) is 11.9. The molecule has 0 aromatic heterocycles. The van der Waals surface area contributed by atoms with E-state index >= 15 is 0 Å². The van der Waals surface area contributed by atoms with Gasteiger partial charge in [-0.3, -0.25) is 24.4 Å². The number of primary amides is 1. The normalized spacial score (nSPS) is 13.3. The Labute approximate surface area is 218 Å². The Bertz CT molecular complexity index is 1030. The second kappa shape index (κ2) is 14.7. The Morgan fingerprint density at radius 2 is 1.46 bits per heavy atom. The summed E-state index contributed by atoms with van der Waals surface area (Å²) in [6.45, 7) is 5.63. The van der Waals surface area contributed by atoms with Crippen LogP contribution in [0.4, 0.5) is 0 Å². The summed E-state index contributed by atoms with van der Waals surface area (Å²) < 4.78 is 0. The number of hydroxylamine groups is 1. The number of nitrogens with two attached hydrogens (primary N) is 1. The molecule has 0 saturated carbocycles. The molecular formula is C28H38N4O5. The van der Waals surface area contributed by atoms with Crippen LogP contribution in [0.25, 0.3) is 0 Å². The van der Waals surface area contributed by atoms with Crippen LogP contribution in [-0.2, 0) is 32.0 Å². The number of rotatable bonds is 14. The number of amides is 4. The molecule has 0 unspecified atom stereocenters. The summed E-state index contributed by atoms with van der Waals surface area (Å²) in [5.74, 6) is -2.85. The van der Waals surface area contributed by atoms with E-state index in [1.807, 2.05) is 74.5 Å². The Morgan fingerprint density at radius 3 is 1.97 bits per heavy atom. The quantitative estimate of drug-likeness (QED) is 0.228. The molecule has 0 spiro atoms. The molecule has 0 radical (unpaired) electrons. The lowest BCUT2D eigenvalue weighted by atomic mass is 9.91. The van der Waals surface area contributed by atoms with Crippen LogP contribution in [0.3, 0.4) is 0 Å². The molecule has 0 aliphatic carbocycles. The van der Waals surface area contributed by atoms with E-state index in [0.29, 0.717) is 12.8 Å². The molecule has 9 nitrogen and oxygen atoms in total. The standard InChI is InChI=1S/C28H38N4O5/c1-19(2)16-23(28(36)30-24(26(29)34)17-22-12-8-5-9-13-22)18-25(33)32(20(3)27(35)31-37)15-14-21-10-6-4-7-11-21/h4-13,19-20,23-24,37H,14-18H2,1-3H3,(H2,29,34)(H,30,36)(H,31,35)/t20-,23-,24+/m1/s1. The van der Waals surface area contributed by atoms with E-state index in [0.717, 1.165) is 11.1 Å². The number of hydrogen-bond donors (Lipinski definition) is 4. The Kier molecular flexibility index (Phi) is 11.8. The molecule has 37 heavy (non-hydrogen) atoms. The number of carbonyl (C=O) groups excluding carboxylic acids is 4. The fourth-order valence-corrected chi connectivity index (χ4v) is 4.21. The van der Waals surface area contributed by atoms with Gasteiger partial charge in [-0.2, -0.15) is 0 Å². The summed E-state index contributed by atoms with van der Waals surface area (Å²) in [6.07, 6.45) is 0.985. The van der Waals surface area contributed by atoms with Crippen molar-refractivity contribution in [2.75, 3.05) is 6.54 Å². The highest BCUT2D eigenvalue weighted by atomic mass is 16.5. The Balaban J connectivity index is 2.18. The van der Waals surface area contributed by atoms with Gasteiger partial charge in [0, 0.05) is 25.3 Å². The van der Waals surface area contributed by atoms with Crippen LogP contribution in [0.5, 0.6) is 0 Å². The number of nitrogens with one attached hydrogen (secondary N) is 2. The van der Waals surface area contributed by atoms with Crippen LogP contribution in [0.15, 0.2) is 60.7 Å². The second-order valence-corrected chi connectivity index (χ2v) is 9.66. The minimum atomic E-state index is -0.944. The van der Waals surface area contributed by atoms with Gasteiger partial charge in [0.25, 0.3) is 5.91 Å². The zero-order valence-corrected chi connectivity index (χ0v) is 21.7. The third-order valence-electron chi connectivity index (χ3n) is 6.25. The Morgan fingerprint density at radius 1 is 0.892 bits per heavy atom. The maximum Gasteiger partial charge on any atom is 0.265 e. The third-order valence-corrected chi connectivity index (χ3v) is 6.25. The largest absolute Gasteiger partial charge is 0.368 e. The monoisotopic (exact) mass is 510 g/mol. The SMILES string of the molecule is CC(C)C[C@H](CC(=O)N(CCc1ccccc1)[C@H](C)C(=O)NO)C(=O)N[C@@H](Cc1ccccc1)C(N)=O. The maximum atomic E-state index is 13.4. The zero-order valence-electron chi connectivity index (χ0n) is 21.7. The summed E-state index contributed by atoms with van der Waals surface area (Å²) in [6, 6.07) is 16.9. The third kappa shape index (κ3) is 9.69. The molecule has 3 atom stereocenters. The van der Waals surface area contributed by atoms with E-state index in [1.54, 1.807) is 5.48 Å². The topological polar surface area (TPSA) is 142 Å². The van der Waals surface area contributed by atoms with Crippen LogP contribution in [-0.4, -0.2) is 52.4 Å². The number of hydrogen-bond acceptors (Lipinski definition) is 5. The lowest BCUT2D eigenvalue weighted by molar-refractivity contribution is -0.145. The van der Waals surface area contributed by atoms with E-state index in [1.165, 1.54) is 11.8 Å². The molecule has 5 N–H and O–H groups in total. The van der Waals surface area contributed by atoms with Gasteiger partial charge in [0.1, 0.15) is 12.1 Å². The van der Waals surface area contributed by atoms with Crippen molar-refractivity contribution in [3.8, 4) is 0 Å². The van der Waals surface area contributed by atoms with Crippen molar-refractivity contribution in [2.45, 2.75) is 58.5 Å². The van der Waals surface area contributed by atoms with Gasteiger partial charge in [0.15, 0.2) is 0 Å². The summed E-state index contributed by atoms with van der Waals surface area (Å²) >= 11 is 0. The predicted molar refractivity (Wildman–Crippen MR) is 140 cm³/mol. The fourth-order valence-electron chi connectivity index (χ4n) is 4.21. The molecule has 0 bridgehead atoms. The highest BCUT2D eigenvalue weighted by Crippen LogP contribution is 2.19. The van der Waals surface area contributed by atoms with Crippen LogP contribution >= 0.6 is 0 Å². The van der Waals surface area contributed by atoms with Crippen molar-refractivity contribution >= 4 is 23.6 Å². The van der Waals surface area contributed by atoms with Gasteiger partial charge in [0.05, 0.1) is 0 Å². The lowest BCUT2D eigenvalue weighted by Crippen LogP contribution is -2.51. The van der Waals surface area contributed by atoms with Crippen molar-refractivity contribution in [1.82, 2.24) is 15.7 Å². The number of nitrogens with zero attached hydrogens (tertiary/aromatic N) is 1. The first-order chi connectivity index (χ1) is 17.6. The average Bonchev–Trinajstić information content (AvgIpc) is 2.88. The van der Waals surface area contributed by atoms with E-state index < -0.39 is 41.6 Å². The minimum Gasteiger partial charge on any atom is -0.368 e. The van der Waals surface area contributed by atoms with Crippen molar-refractivity contribution in [3.05, 3.63) is 71.8 Å². The molecule has 9 heteroatoms. The van der Waals surface area contributed by atoms with Crippen molar-refractivity contribution in [3.63, 3.8) is 0 Å². The van der Waals surface area contributed by atoms with Gasteiger partial charge >= 0.3 is 0 Å². The number of benzene rings is 2. The second-order valence-electron chi connectivity index (χ2n) is 9.66. The van der Waals surface area contributed by atoms with Gasteiger partial charge < -0.3 is 16.0 Å². The molecular weight excluding hydrogens is 472 g/mol. The van der Waals surface area contributed by atoms with Crippen molar-refractivity contribution < 1.29 is 24.4 Å². The zero-order chi connectivity index (χ0) is 27.4. The first kappa shape index (κ1) is 29.5. The summed E-state index contributed by atoms with van der Waals surface area (Å²) in [4.78, 5) is 52.3. The van der Waals surface area contributed by atoms with E-state index in [4.69, 9.17) is 10.9 Å². The van der Waals surface area contributed by atoms with Gasteiger partial charge in [-0.05, 0) is 36.8 Å². The van der Waals surface area contributed by atoms with Crippen LogP contribution in [0, 0.1) is 11.8 Å². The van der Waals surface area contributed by atoms with Gasteiger partial charge in [0.2, 0.25) is 17.7 Å².